The first-order valence-electron chi connectivity index (χ1n) is 4.58. The largest absolute Gasteiger partial charge is 0.307 e. The van der Waals surface area contributed by atoms with E-state index >= 15 is 0 Å². The third-order valence-corrected chi connectivity index (χ3v) is 3.68. The second-order valence-corrected chi connectivity index (χ2v) is 5.45. The molecule has 0 spiro atoms. The van der Waals surface area contributed by atoms with E-state index in [1.807, 2.05) is 19.1 Å². The molecule has 0 unspecified atom stereocenters. The van der Waals surface area contributed by atoms with Crippen molar-refractivity contribution in [3.8, 4) is 0 Å². The second-order valence-electron chi connectivity index (χ2n) is 3.32. The summed E-state index contributed by atoms with van der Waals surface area (Å²) >= 11 is 12.2. The van der Waals surface area contributed by atoms with Crippen LogP contribution in [0.25, 0.3) is 6.08 Å². The van der Waals surface area contributed by atoms with Crippen molar-refractivity contribution >= 4 is 51.9 Å². The highest BCUT2D eigenvalue weighted by Gasteiger charge is 2.22. The number of carbonyl (C=O) groups is 1. The third kappa shape index (κ3) is 2.29. The number of amides is 1. The maximum absolute atomic E-state index is 11.5. The van der Waals surface area contributed by atoms with Crippen molar-refractivity contribution in [1.82, 2.24) is 5.32 Å². The molecule has 2 nitrogen and oxygen atoms in total. The first-order valence-corrected chi connectivity index (χ1v) is 6.18. The zero-order valence-electron chi connectivity index (χ0n) is 8.41. The molecule has 0 saturated carbocycles. The van der Waals surface area contributed by atoms with Gasteiger partial charge in [-0.1, -0.05) is 47.7 Å². The van der Waals surface area contributed by atoms with Crippen molar-refractivity contribution in [2.75, 3.05) is 0 Å². The SMILES string of the molecule is Cc1cccc(Cl)c1/C=C1/SC(=S)NC1=O. The van der Waals surface area contributed by atoms with Crippen LogP contribution in [0.4, 0.5) is 0 Å². The molecule has 0 bridgehead atoms. The van der Waals surface area contributed by atoms with E-state index in [0.29, 0.717) is 14.2 Å². The van der Waals surface area contributed by atoms with Crippen LogP contribution in [0.1, 0.15) is 11.1 Å². The Morgan fingerprint density at radius 1 is 1.50 bits per heavy atom. The van der Waals surface area contributed by atoms with Gasteiger partial charge >= 0.3 is 0 Å². The summed E-state index contributed by atoms with van der Waals surface area (Å²) in [6.45, 7) is 1.95. The van der Waals surface area contributed by atoms with Crippen molar-refractivity contribution in [2.24, 2.45) is 0 Å². The predicted octanol–water partition coefficient (Wildman–Crippen LogP) is 3.14. The molecular formula is C11H8ClNOS2. The van der Waals surface area contributed by atoms with Crippen LogP contribution in [0, 0.1) is 6.92 Å². The molecule has 1 saturated heterocycles. The summed E-state index contributed by atoms with van der Waals surface area (Å²) in [4.78, 5) is 12.1. The van der Waals surface area contributed by atoms with Crippen LogP contribution in [-0.2, 0) is 4.79 Å². The van der Waals surface area contributed by atoms with Crippen LogP contribution in [0.3, 0.4) is 0 Å². The van der Waals surface area contributed by atoms with Gasteiger partial charge in [0.05, 0.1) is 4.91 Å². The van der Waals surface area contributed by atoms with Crippen LogP contribution in [0.15, 0.2) is 23.1 Å². The fourth-order valence-corrected chi connectivity index (χ4v) is 2.68. The number of nitrogens with one attached hydrogen (secondary N) is 1. The number of thioether (sulfide) groups is 1. The maximum Gasteiger partial charge on any atom is 0.263 e. The molecule has 5 heteroatoms. The van der Waals surface area contributed by atoms with Crippen molar-refractivity contribution < 1.29 is 4.79 Å². The molecule has 1 aliphatic heterocycles. The number of aryl methyl sites for hydroxylation is 1. The van der Waals surface area contributed by atoms with Crippen LogP contribution in [-0.4, -0.2) is 10.2 Å². The van der Waals surface area contributed by atoms with E-state index in [2.05, 4.69) is 5.32 Å². The minimum Gasteiger partial charge on any atom is -0.307 e. The molecule has 0 radical (unpaired) electrons. The monoisotopic (exact) mass is 269 g/mol. The number of rotatable bonds is 1. The summed E-state index contributed by atoms with van der Waals surface area (Å²) in [5, 5.41) is 3.21. The van der Waals surface area contributed by atoms with Crippen LogP contribution < -0.4 is 5.32 Å². The molecule has 1 amide bonds. The number of carbonyl (C=O) groups excluding carboxylic acids is 1. The van der Waals surface area contributed by atoms with E-state index in [9.17, 15) is 4.79 Å². The number of benzene rings is 1. The predicted molar refractivity (Wildman–Crippen MR) is 72.5 cm³/mol. The lowest BCUT2D eigenvalue weighted by atomic mass is 10.1. The third-order valence-electron chi connectivity index (χ3n) is 2.19. The zero-order valence-corrected chi connectivity index (χ0v) is 10.8. The van der Waals surface area contributed by atoms with Gasteiger partial charge in [-0.3, -0.25) is 4.79 Å². The summed E-state index contributed by atoms with van der Waals surface area (Å²) in [7, 11) is 0. The molecule has 0 aliphatic carbocycles. The maximum atomic E-state index is 11.5. The average Bonchev–Trinajstić information content (AvgIpc) is 2.51. The average molecular weight is 270 g/mol. The van der Waals surface area contributed by atoms with E-state index in [1.54, 1.807) is 12.1 Å². The standard InChI is InChI=1S/C11H8ClNOS2/c1-6-3-2-4-8(12)7(6)5-9-10(14)13-11(15)16-9/h2-5H,1H3,(H,13,14,15)/b9-5+. The molecule has 0 atom stereocenters. The fourth-order valence-electron chi connectivity index (χ4n) is 1.38. The molecule has 82 valence electrons. The van der Waals surface area contributed by atoms with Crippen molar-refractivity contribution in [3.63, 3.8) is 0 Å². The molecule has 1 aromatic carbocycles. The Labute approximate surface area is 108 Å². The van der Waals surface area contributed by atoms with Gasteiger partial charge in [-0.25, -0.2) is 0 Å². The summed E-state index contributed by atoms with van der Waals surface area (Å²) < 4.78 is 0.487. The Balaban J connectivity index is 2.44. The van der Waals surface area contributed by atoms with Crippen molar-refractivity contribution in [1.29, 1.82) is 0 Å². The molecule has 0 aromatic heterocycles. The number of halogens is 1. The van der Waals surface area contributed by atoms with E-state index in [1.165, 1.54) is 11.8 Å². The molecule has 16 heavy (non-hydrogen) atoms. The van der Waals surface area contributed by atoms with Crippen LogP contribution in [0.2, 0.25) is 5.02 Å². The quantitative estimate of drug-likeness (QED) is 0.627. The smallest absolute Gasteiger partial charge is 0.263 e. The first kappa shape index (κ1) is 11.6. The van der Waals surface area contributed by atoms with E-state index in [4.69, 9.17) is 23.8 Å². The van der Waals surface area contributed by atoms with Gasteiger partial charge in [0, 0.05) is 5.02 Å². The highest BCUT2D eigenvalue weighted by Crippen LogP contribution is 2.29. The Hall–Kier alpha value is -0.840. The lowest BCUT2D eigenvalue weighted by Crippen LogP contribution is -2.17. The van der Waals surface area contributed by atoms with E-state index in [-0.39, 0.29) is 5.91 Å². The first-order chi connectivity index (χ1) is 7.58. The molecule has 1 N–H and O–H groups in total. The minimum atomic E-state index is -0.158. The van der Waals surface area contributed by atoms with E-state index in [0.717, 1.165) is 11.1 Å². The summed E-state index contributed by atoms with van der Waals surface area (Å²) in [5.74, 6) is -0.158. The van der Waals surface area contributed by atoms with Gasteiger partial charge in [0.15, 0.2) is 0 Å². The molecular weight excluding hydrogens is 262 g/mol. The van der Waals surface area contributed by atoms with Gasteiger partial charge in [0.2, 0.25) is 0 Å². The normalized spacial score (nSPS) is 18.0. The molecule has 1 fully saturated rings. The molecule has 1 aliphatic rings. The van der Waals surface area contributed by atoms with Crippen molar-refractivity contribution in [2.45, 2.75) is 6.92 Å². The zero-order chi connectivity index (χ0) is 11.7. The highest BCUT2D eigenvalue weighted by atomic mass is 35.5. The van der Waals surface area contributed by atoms with Crippen LogP contribution >= 0.6 is 35.6 Å². The molecule has 1 aromatic rings. The summed E-state index contributed by atoms with van der Waals surface area (Å²) in [5.41, 5.74) is 1.90. The second kappa shape index (κ2) is 4.57. The highest BCUT2D eigenvalue weighted by molar-refractivity contribution is 8.26. The minimum absolute atomic E-state index is 0.158. The van der Waals surface area contributed by atoms with Gasteiger partial charge < -0.3 is 5.32 Å². The van der Waals surface area contributed by atoms with Gasteiger partial charge in [-0.05, 0) is 30.2 Å². The molecule has 2 rings (SSSR count). The van der Waals surface area contributed by atoms with Gasteiger partial charge in [-0.2, -0.15) is 0 Å². The lowest BCUT2D eigenvalue weighted by molar-refractivity contribution is -0.115. The van der Waals surface area contributed by atoms with Crippen molar-refractivity contribution in [3.05, 3.63) is 39.3 Å². The Morgan fingerprint density at radius 2 is 2.25 bits per heavy atom. The topological polar surface area (TPSA) is 29.1 Å². The Kier molecular flexibility index (Phi) is 3.33. The van der Waals surface area contributed by atoms with E-state index < -0.39 is 0 Å². The Morgan fingerprint density at radius 3 is 2.81 bits per heavy atom. The van der Waals surface area contributed by atoms with Gasteiger partial charge in [0.25, 0.3) is 5.91 Å². The van der Waals surface area contributed by atoms with Crippen LogP contribution in [0.5, 0.6) is 0 Å². The lowest BCUT2D eigenvalue weighted by Gasteiger charge is -2.03. The fraction of sp³-hybridized carbons (Fsp3) is 0.0909. The number of hydrogen-bond acceptors (Lipinski definition) is 3. The summed E-state index contributed by atoms with van der Waals surface area (Å²) in [6.07, 6.45) is 1.77. The number of hydrogen-bond donors (Lipinski definition) is 1. The number of thiocarbonyl (C=S) groups is 1. The van der Waals surface area contributed by atoms with Gasteiger partial charge in [-0.15, -0.1) is 0 Å². The Bertz CT molecular complexity index is 490. The van der Waals surface area contributed by atoms with Gasteiger partial charge in [0.1, 0.15) is 4.32 Å². The summed E-state index contributed by atoms with van der Waals surface area (Å²) in [6, 6.07) is 5.64. The molecule has 1 heterocycles.